The number of nitrogens with one attached hydrogen (secondary N) is 1. The SMILES string of the molecule is CCOc1ccc2ccccc2c1/C=C(/C#N)C(=O)Nc1ccc(C)cc1. The monoisotopic (exact) mass is 356 g/mol. The van der Waals surface area contributed by atoms with E-state index in [1.807, 2.05) is 80.6 Å². The number of amides is 1. The second kappa shape index (κ2) is 8.20. The van der Waals surface area contributed by atoms with Gasteiger partial charge >= 0.3 is 0 Å². The maximum atomic E-state index is 12.6. The summed E-state index contributed by atoms with van der Waals surface area (Å²) >= 11 is 0. The normalized spacial score (nSPS) is 11.1. The minimum atomic E-state index is -0.447. The maximum Gasteiger partial charge on any atom is 0.266 e. The number of hydrogen-bond donors (Lipinski definition) is 1. The van der Waals surface area contributed by atoms with Crippen LogP contribution in [0.2, 0.25) is 0 Å². The van der Waals surface area contributed by atoms with Gasteiger partial charge in [0.1, 0.15) is 17.4 Å². The van der Waals surface area contributed by atoms with Gasteiger partial charge in [0.2, 0.25) is 0 Å². The molecule has 0 aliphatic heterocycles. The maximum absolute atomic E-state index is 12.6. The van der Waals surface area contributed by atoms with Gasteiger partial charge in [-0.05, 0) is 48.9 Å². The Labute approximate surface area is 158 Å². The third kappa shape index (κ3) is 4.16. The van der Waals surface area contributed by atoms with Crippen LogP contribution in [0, 0.1) is 18.3 Å². The third-order valence-corrected chi connectivity index (χ3v) is 4.19. The second-order valence-electron chi connectivity index (χ2n) is 6.12. The molecule has 1 N–H and O–H groups in total. The minimum absolute atomic E-state index is 0.0212. The summed E-state index contributed by atoms with van der Waals surface area (Å²) < 4.78 is 5.72. The standard InChI is InChI=1S/C23H20N2O2/c1-3-27-22-13-10-17-6-4-5-7-20(17)21(22)14-18(15-24)23(26)25-19-11-8-16(2)9-12-19/h4-14H,3H2,1-2H3,(H,25,26)/b18-14-. The lowest BCUT2D eigenvalue weighted by molar-refractivity contribution is -0.112. The molecule has 0 aromatic heterocycles. The van der Waals surface area contributed by atoms with E-state index in [1.54, 1.807) is 6.08 Å². The van der Waals surface area contributed by atoms with Crippen molar-refractivity contribution in [3.63, 3.8) is 0 Å². The Hall–Kier alpha value is -3.58. The Morgan fingerprint density at radius 3 is 2.56 bits per heavy atom. The van der Waals surface area contributed by atoms with E-state index in [0.29, 0.717) is 18.0 Å². The van der Waals surface area contributed by atoms with E-state index in [2.05, 4.69) is 5.32 Å². The number of hydrogen-bond acceptors (Lipinski definition) is 3. The summed E-state index contributed by atoms with van der Waals surface area (Å²) in [6.45, 7) is 4.37. The van der Waals surface area contributed by atoms with Crippen molar-refractivity contribution >= 4 is 28.4 Å². The van der Waals surface area contributed by atoms with Crippen LogP contribution in [0.5, 0.6) is 5.75 Å². The average molecular weight is 356 g/mol. The molecule has 0 aliphatic rings. The Balaban J connectivity index is 2.02. The fourth-order valence-electron chi connectivity index (χ4n) is 2.83. The molecule has 134 valence electrons. The van der Waals surface area contributed by atoms with E-state index in [9.17, 15) is 10.1 Å². The molecule has 0 fully saturated rings. The summed E-state index contributed by atoms with van der Waals surface area (Å²) in [5.41, 5.74) is 2.49. The quantitative estimate of drug-likeness (QED) is 0.511. The zero-order chi connectivity index (χ0) is 19.2. The highest BCUT2D eigenvalue weighted by atomic mass is 16.5. The van der Waals surface area contributed by atoms with Crippen LogP contribution in [0.3, 0.4) is 0 Å². The Bertz CT molecular complexity index is 1040. The van der Waals surface area contributed by atoms with Gasteiger partial charge in [-0.25, -0.2) is 0 Å². The first-order chi connectivity index (χ1) is 13.1. The highest BCUT2D eigenvalue weighted by Crippen LogP contribution is 2.30. The number of aryl methyl sites for hydroxylation is 1. The molecule has 0 bridgehead atoms. The van der Waals surface area contributed by atoms with Crippen molar-refractivity contribution in [2.75, 3.05) is 11.9 Å². The molecule has 0 atom stereocenters. The van der Waals surface area contributed by atoms with E-state index in [4.69, 9.17) is 4.74 Å². The number of nitriles is 1. The first-order valence-corrected chi connectivity index (χ1v) is 8.76. The van der Waals surface area contributed by atoms with Crippen molar-refractivity contribution < 1.29 is 9.53 Å². The van der Waals surface area contributed by atoms with E-state index >= 15 is 0 Å². The molecule has 3 aromatic rings. The van der Waals surface area contributed by atoms with Gasteiger partial charge in [-0.3, -0.25) is 4.79 Å². The molecule has 3 rings (SSSR count). The molecule has 4 nitrogen and oxygen atoms in total. The topological polar surface area (TPSA) is 62.1 Å². The van der Waals surface area contributed by atoms with Crippen LogP contribution in [-0.4, -0.2) is 12.5 Å². The highest BCUT2D eigenvalue weighted by molar-refractivity contribution is 6.11. The average Bonchev–Trinajstić information content (AvgIpc) is 2.69. The number of fused-ring (bicyclic) bond motifs is 1. The van der Waals surface area contributed by atoms with Crippen molar-refractivity contribution in [1.29, 1.82) is 5.26 Å². The predicted molar refractivity (Wildman–Crippen MR) is 109 cm³/mol. The second-order valence-corrected chi connectivity index (χ2v) is 6.12. The molecule has 1 amide bonds. The molecular formula is C23H20N2O2. The van der Waals surface area contributed by atoms with Crippen LogP contribution >= 0.6 is 0 Å². The van der Waals surface area contributed by atoms with Crippen LogP contribution in [0.15, 0.2) is 66.2 Å². The summed E-state index contributed by atoms with van der Waals surface area (Å²) in [7, 11) is 0. The van der Waals surface area contributed by atoms with E-state index in [-0.39, 0.29) is 5.57 Å². The van der Waals surface area contributed by atoms with E-state index in [0.717, 1.165) is 21.9 Å². The molecule has 0 saturated carbocycles. The lowest BCUT2D eigenvalue weighted by Crippen LogP contribution is -2.13. The van der Waals surface area contributed by atoms with Crippen molar-refractivity contribution in [3.8, 4) is 11.8 Å². The van der Waals surface area contributed by atoms with Crippen LogP contribution in [0.25, 0.3) is 16.8 Å². The molecule has 0 spiro atoms. The molecule has 4 heteroatoms. The van der Waals surface area contributed by atoms with Crippen LogP contribution in [-0.2, 0) is 4.79 Å². The van der Waals surface area contributed by atoms with Gasteiger partial charge in [-0.2, -0.15) is 5.26 Å². The van der Waals surface area contributed by atoms with Gasteiger partial charge < -0.3 is 10.1 Å². The molecule has 0 saturated heterocycles. The van der Waals surface area contributed by atoms with Gasteiger partial charge in [0, 0.05) is 11.3 Å². The summed E-state index contributed by atoms with van der Waals surface area (Å²) in [6, 6.07) is 21.1. The molecule has 0 radical (unpaired) electrons. The Morgan fingerprint density at radius 1 is 1.11 bits per heavy atom. The third-order valence-electron chi connectivity index (χ3n) is 4.19. The van der Waals surface area contributed by atoms with Crippen LogP contribution in [0.4, 0.5) is 5.69 Å². The van der Waals surface area contributed by atoms with Crippen molar-refractivity contribution in [2.45, 2.75) is 13.8 Å². The van der Waals surface area contributed by atoms with Crippen LogP contribution < -0.4 is 10.1 Å². The molecule has 27 heavy (non-hydrogen) atoms. The zero-order valence-electron chi connectivity index (χ0n) is 15.3. The van der Waals surface area contributed by atoms with Gasteiger partial charge in [-0.15, -0.1) is 0 Å². The summed E-state index contributed by atoms with van der Waals surface area (Å²) in [5, 5.41) is 14.3. The lowest BCUT2D eigenvalue weighted by Gasteiger charge is -2.11. The molecule has 0 aliphatic carbocycles. The van der Waals surface area contributed by atoms with Crippen molar-refractivity contribution in [2.24, 2.45) is 0 Å². The number of carbonyl (C=O) groups excluding carboxylic acids is 1. The fraction of sp³-hybridized carbons (Fsp3) is 0.130. The Morgan fingerprint density at radius 2 is 1.85 bits per heavy atom. The minimum Gasteiger partial charge on any atom is -0.493 e. The highest BCUT2D eigenvalue weighted by Gasteiger charge is 2.13. The smallest absolute Gasteiger partial charge is 0.266 e. The summed E-state index contributed by atoms with van der Waals surface area (Å²) in [4.78, 5) is 12.6. The number of rotatable bonds is 5. The number of ether oxygens (including phenoxy) is 1. The summed E-state index contributed by atoms with van der Waals surface area (Å²) in [5.74, 6) is 0.198. The van der Waals surface area contributed by atoms with Gasteiger partial charge in [0.05, 0.1) is 6.61 Å². The molecule has 0 unspecified atom stereocenters. The van der Waals surface area contributed by atoms with E-state index < -0.39 is 5.91 Å². The molecule has 3 aromatic carbocycles. The number of carbonyl (C=O) groups is 1. The number of benzene rings is 3. The van der Waals surface area contributed by atoms with Gasteiger partial charge in [-0.1, -0.05) is 48.0 Å². The number of nitrogens with zero attached hydrogens (tertiary/aromatic N) is 1. The van der Waals surface area contributed by atoms with Crippen LogP contribution in [0.1, 0.15) is 18.1 Å². The predicted octanol–water partition coefficient (Wildman–Crippen LogP) is 5.09. The first kappa shape index (κ1) is 18.2. The first-order valence-electron chi connectivity index (χ1n) is 8.76. The fourth-order valence-corrected chi connectivity index (χ4v) is 2.83. The zero-order valence-corrected chi connectivity index (χ0v) is 15.3. The molecule has 0 heterocycles. The van der Waals surface area contributed by atoms with Gasteiger partial charge in [0.25, 0.3) is 5.91 Å². The molecular weight excluding hydrogens is 336 g/mol. The number of anilines is 1. The van der Waals surface area contributed by atoms with Gasteiger partial charge in [0.15, 0.2) is 0 Å². The summed E-state index contributed by atoms with van der Waals surface area (Å²) in [6.07, 6.45) is 1.59. The lowest BCUT2D eigenvalue weighted by atomic mass is 10.0. The van der Waals surface area contributed by atoms with Crippen molar-refractivity contribution in [3.05, 3.63) is 77.4 Å². The Kier molecular flexibility index (Phi) is 5.53. The van der Waals surface area contributed by atoms with Crippen molar-refractivity contribution in [1.82, 2.24) is 0 Å². The largest absolute Gasteiger partial charge is 0.493 e. The van der Waals surface area contributed by atoms with E-state index in [1.165, 1.54) is 0 Å².